The fourth-order valence-corrected chi connectivity index (χ4v) is 4.37. The highest BCUT2D eigenvalue weighted by atomic mass is 32.2. The molecule has 3 N–H and O–H groups in total. The molecule has 4 aromatic rings. The van der Waals surface area contributed by atoms with Crippen LogP contribution in [-0.4, -0.2) is 26.6 Å². The zero-order valence-corrected chi connectivity index (χ0v) is 18.1. The molecule has 0 spiro atoms. The minimum atomic E-state index is -3.61. The quantitative estimate of drug-likeness (QED) is 0.339. The molecule has 0 saturated heterocycles. The molecule has 0 amide bonds. The minimum absolute atomic E-state index is 0.246. The molecule has 1 aromatic heterocycles. The molecule has 7 heteroatoms. The summed E-state index contributed by atoms with van der Waals surface area (Å²) in [6.07, 6.45) is 1.90. The summed E-state index contributed by atoms with van der Waals surface area (Å²) < 4.78 is 33.7. The van der Waals surface area contributed by atoms with Crippen molar-refractivity contribution in [1.29, 1.82) is 0 Å². The Morgan fingerprint density at radius 3 is 2.61 bits per heavy atom. The van der Waals surface area contributed by atoms with Crippen LogP contribution in [0.4, 0.5) is 5.69 Å². The van der Waals surface area contributed by atoms with Crippen molar-refractivity contribution in [2.24, 2.45) is 0 Å². The SMILES string of the molecule is Cc1ccc(S(=O)(=O)Nc2cccc(CNCCOc3cccc4[nH]ccc34)c2)cc1. The lowest BCUT2D eigenvalue weighted by atomic mass is 10.2. The molecule has 6 nitrogen and oxygen atoms in total. The second kappa shape index (κ2) is 9.24. The van der Waals surface area contributed by atoms with Gasteiger partial charge in [0.15, 0.2) is 0 Å². The molecule has 0 unspecified atom stereocenters. The van der Waals surface area contributed by atoms with Crippen molar-refractivity contribution >= 4 is 26.6 Å². The van der Waals surface area contributed by atoms with Crippen molar-refractivity contribution in [3.63, 3.8) is 0 Å². The number of hydrogen-bond donors (Lipinski definition) is 3. The molecule has 0 radical (unpaired) electrons. The predicted octanol–water partition coefficient (Wildman–Crippen LogP) is 4.45. The molecular weight excluding hydrogens is 410 g/mol. The number of sulfonamides is 1. The van der Waals surface area contributed by atoms with E-state index in [1.807, 2.05) is 55.6 Å². The lowest BCUT2D eigenvalue weighted by molar-refractivity contribution is 0.317. The van der Waals surface area contributed by atoms with Gasteiger partial charge in [0, 0.05) is 35.9 Å². The Kier molecular flexibility index (Phi) is 6.25. The Hall–Kier alpha value is -3.29. The Balaban J connectivity index is 1.29. The van der Waals surface area contributed by atoms with E-state index in [1.54, 1.807) is 30.3 Å². The number of nitrogens with one attached hydrogen (secondary N) is 3. The molecule has 0 bridgehead atoms. The van der Waals surface area contributed by atoms with E-state index in [0.29, 0.717) is 25.4 Å². The second-order valence-corrected chi connectivity index (χ2v) is 9.02. The van der Waals surface area contributed by atoms with Crippen molar-refractivity contribution < 1.29 is 13.2 Å². The summed E-state index contributed by atoms with van der Waals surface area (Å²) in [6, 6.07) is 22.1. The third kappa shape index (κ3) is 5.25. The fourth-order valence-electron chi connectivity index (χ4n) is 3.32. The number of benzene rings is 3. The maximum atomic E-state index is 12.6. The molecule has 4 rings (SSSR count). The third-order valence-electron chi connectivity index (χ3n) is 4.93. The van der Waals surface area contributed by atoms with Gasteiger partial charge in [-0.3, -0.25) is 4.72 Å². The molecular formula is C24H25N3O3S. The molecule has 0 saturated carbocycles. The first-order valence-corrected chi connectivity index (χ1v) is 11.6. The molecule has 31 heavy (non-hydrogen) atoms. The van der Waals surface area contributed by atoms with Crippen LogP contribution >= 0.6 is 0 Å². The van der Waals surface area contributed by atoms with Gasteiger partial charge in [0.05, 0.1) is 4.90 Å². The number of ether oxygens (including phenoxy) is 1. The molecule has 0 aliphatic carbocycles. The lowest BCUT2D eigenvalue weighted by Gasteiger charge is -2.11. The highest BCUT2D eigenvalue weighted by Crippen LogP contribution is 2.24. The molecule has 3 aromatic carbocycles. The monoisotopic (exact) mass is 435 g/mol. The molecule has 0 aliphatic heterocycles. The lowest BCUT2D eigenvalue weighted by Crippen LogP contribution is -2.20. The number of aromatic amines is 1. The molecule has 1 heterocycles. The predicted molar refractivity (Wildman–Crippen MR) is 124 cm³/mol. The summed E-state index contributed by atoms with van der Waals surface area (Å²) in [6.45, 7) is 3.73. The summed E-state index contributed by atoms with van der Waals surface area (Å²) in [5.74, 6) is 0.855. The average Bonchev–Trinajstić information content (AvgIpc) is 3.23. The topological polar surface area (TPSA) is 83.2 Å². The van der Waals surface area contributed by atoms with Crippen LogP contribution in [-0.2, 0) is 16.6 Å². The van der Waals surface area contributed by atoms with Crippen LogP contribution < -0.4 is 14.8 Å². The summed E-state index contributed by atoms with van der Waals surface area (Å²) in [5, 5.41) is 4.40. The highest BCUT2D eigenvalue weighted by molar-refractivity contribution is 7.92. The van der Waals surface area contributed by atoms with Gasteiger partial charge < -0.3 is 15.0 Å². The summed E-state index contributed by atoms with van der Waals surface area (Å²) in [5.41, 5.74) is 3.59. The summed E-state index contributed by atoms with van der Waals surface area (Å²) >= 11 is 0. The van der Waals surface area contributed by atoms with Crippen molar-refractivity contribution in [3.05, 3.63) is 90.1 Å². The van der Waals surface area contributed by atoms with Crippen LogP contribution in [0.1, 0.15) is 11.1 Å². The zero-order valence-electron chi connectivity index (χ0n) is 17.3. The second-order valence-electron chi connectivity index (χ2n) is 7.34. The number of H-pyrrole nitrogens is 1. The number of aromatic nitrogens is 1. The largest absolute Gasteiger partial charge is 0.492 e. The standard InChI is InChI=1S/C24H25N3O3S/c1-18-8-10-21(11-9-18)31(28,29)27-20-5-2-4-19(16-20)17-25-14-15-30-24-7-3-6-23-22(24)12-13-26-23/h2-13,16,25-27H,14-15,17H2,1H3. The Morgan fingerprint density at radius 2 is 1.77 bits per heavy atom. The summed E-state index contributed by atoms with van der Waals surface area (Å²) in [7, 11) is -3.61. The van der Waals surface area contributed by atoms with Crippen molar-refractivity contribution in [1.82, 2.24) is 10.3 Å². The smallest absolute Gasteiger partial charge is 0.261 e. The molecule has 0 fully saturated rings. The zero-order chi connectivity index (χ0) is 21.7. The number of rotatable bonds is 9. The van der Waals surface area contributed by atoms with Gasteiger partial charge >= 0.3 is 0 Å². The van der Waals surface area contributed by atoms with Gasteiger partial charge in [-0.15, -0.1) is 0 Å². The first kappa shape index (κ1) is 21.0. The number of hydrogen-bond acceptors (Lipinski definition) is 4. The third-order valence-corrected chi connectivity index (χ3v) is 6.33. The molecule has 0 aliphatic rings. The molecule has 0 atom stereocenters. The first-order valence-electron chi connectivity index (χ1n) is 10.1. The summed E-state index contributed by atoms with van der Waals surface area (Å²) in [4.78, 5) is 3.42. The van der Waals surface area contributed by atoms with Crippen molar-refractivity contribution in [2.75, 3.05) is 17.9 Å². The number of aryl methyl sites for hydroxylation is 1. The van der Waals surface area contributed by atoms with E-state index in [2.05, 4.69) is 15.0 Å². The van der Waals surface area contributed by atoms with E-state index in [1.165, 1.54) is 0 Å². The molecule has 160 valence electrons. The van der Waals surface area contributed by atoms with Crippen LogP contribution in [0.3, 0.4) is 0 Å². The van der Waals surface area contributed by atoms with E-state index < -0.39 is 10.0 Å². The van der Waals surface area contributed by atoms with Gasteiger partial charge in [0.1, 0.15) is 12.4 Å². The Bertz CT molecular complexity index is 1260. The van der Waals surface area contributed by atoms with Gasteiger partial charge in [-0.2, -0.15) is 0 Å². The van der Waals surface area contributed by atoms with E-state index in [0.717, 1.165) is 27.8 Å². The maximum Gasteiger partial charge on any atom is 0.261 e. The van der Waals surface area contributed by atoms with Gasteiger partial charge in [0.2, 0.25) is 0 Å². The number of fused-ring (bicyclic) bond motifs is 1. The van der Waals surface area contributed by atoms with Gasteiger partial charge in [0.25, 0.3) is 10.0 Å². The normalized spacial score (nSPS) is 11.5. The first-order chi connectivity index (χ1) is 15.0. The van der Waals surface area contributed by atoms with E-state index in [4.69, 9.17) is 4.74 Å². The van der Waals surface area contributed by atoms with Gasteiger partial charge in [-0.25, -0.2) is 8.42 Å². The van der Waals surface area contributed by atoms with E-state index in [-0.39, 0.29) is 4.90 Å². The Morgan fingerprint density at radius 1 is 0.968 bits per heavy atom. The van der Waals surface area contributed by atoms with Crippen LogP contribution in [0, 0.1) is 6.92 Å². The van der Waals surface area contributed by atoms with E-state index in [9.17, 15) is 8.42 Å². The van der Waals surface area contributed by atoms with Crippen molar-refractivity contribution in [3.8, 4) is 5.75 Å². The van der Waals surface area contributed by atoms with Gasteiger partial charge in [-0.05, 0) is 55.0 Å². The minimum Gasteiger partial charge on any atom is -0.492 e. The van der Waals surface area contributed by atoms with E-state index >= 15 is 0 Å². The highest BCUT2D eigenvalue weighted by Gasteiger charge is 2.13. The van der Waals surface area contributed by atoms with Crippen LogP contribution in [0.15, 0.2) is 83.9 Å². The van der Waals surface area contributed by atoms with Crippen LogP contribution in [0.25, 0.3) is 10.9 Å². The van der Waals surface area contributed by atoms with Crippen LogP contribution in [0.5, 0.6) is 5.75 Å². The Labute approximate surface area is 182 Å². The van der Waals surface area contributed by atoms with Crippen molar-refractivity contribution in [2.45, 2.75) is 18.4 Å². The van der Waals surface area contributed by atoms with Gasteiger partial charge in [-0.1, -0.05) is 35.9 Å². The maximum absolute atomic E-state index is 12.6. The number of anilines is 1. The fraction of sp³-hybridized carbons (Fsp3) is 0.167. The average molecular weight is 436 g/mol. The van der Waals surface area contributed by atoms with Crippen LogP contribution in [0.2, 0.25) is 0 Å².